The van der Waals surface area contributed by atoms with Crippen LogP contribution in [0.25, 0.3) is 0 Å². The summed E-state index contributed by atoms with van der Waals surface area (Å²) in [6, 6.07) is 7.87. The summed E-state index contributed by atoms with van der Waals surface area (Å²) in [6.45, 7) is 2.32. The molecular formula is C15H23BrIN3OS. The van der Waals surface area contributed by atoms with E-state index < -0.39 is 0 Å². The van der Waals surface area contributed by atoms with E-state index in [1.54, 1.807) is 7.05 Å². The quantitative estimate of drug-likeness (QED) is 0.272. The topological polar surface area (TPSA) is 45.7 Å². The van der Waals surface area contributed by atoms with E-state index in [0.29, 0.717) is 6.61 Å². The number of benzene rings is 1. The number of thioether (sulfide) groups is 1. The fourth-order valence-electron chi connectivity index (χ4n) is 2.13. The fourth-order valence-corrected chi connectivity index (χ4v) is 3.71. The third-order valence-electron chi connectivity index (χ3n) is 3.20. The largest absolute Gasteiger partial charge is 0.492 e. The molecule has 2 N–H and O–H groups in total. The molecule has 22 heavy (non-hydrogen) atoms. The first-order chi connectivity index (χ1) is 10.3. The van der Waals surface area contributed by atoms with Crippen LogP contribution < -0.4 is 15.4 Å². The van der Waals surface area contributed by atoms with Crippen LogP contribution in [-0.2, 0) is 0 Å². The molecule has 2 rings (SSSR count). The van der Waals surface area contributed by atoms with Crippen LogP contribution in [0.5, 0.6) is 5.75 Å². The van der Waals surface area contributed by atoms with E-state index in [-0.39, 0.29) is 24.0 Å². The lowest BCUT2D eigenvalue weighted by Gasteiger charge is -2.15. The van der Waals surface area contributed by atoms with Gasteiger partial charge in [-0.3, -0.25) is 4.99 Å². The summed E-state index contributed by atoms with van der Waals surface area (Å²) >= 11 is 5.48. The zero-order valence-electron chi connectivity index (χ0n) is 12.7. The average Bonchev–Trinajstić information content (AvgIpc) is 3.00. The highest BCUT2D eigenvalue weighted by atomic mass is 127. The summed E-state index contributed by atoms with van der Waals surface area (Å²) in [7, 11) is 1.80. The van der Waals surface area contributed by atoms with Gasteiger partial charge in [0.2, 0.25) is 0 Å². The molecule has 1 heterocycles. The smallest absolute Gasteiger partial charge is 0.191 e. The molecule has 1 aromatic carbocycles. The highest BCUT2D eigenvalue weighted by Gasteiger charge is 2.15. The second-order valence-electron chi connectivity index (χ2n) is 4.82. The average molecular weight is 500 g/mol. The Labute approximate surface area is 162 Å². The molecule has 4 nitrogen and oxygen atoms in total. The van der Waals surface area contributed by atoms with Gasteiger partial charge in [-0.15, -0.1) is 24.0 Å². The normalized spacial score (nSPS) is 17.7. The third kappa shape index (κ3) is 7.41. The van der Waals surface area contributed by atoms with Crippen molar-refractivity contribution in [2.24, 2.45) is 4.99 Å². The lowest BCUT2D eigenvalue weighted by Crippen LogP contribution is -2.41. The second kappa shape index (κ2) is 11.4. The minimum Gasteiger partial charge on any atom is -0.492 e. The first kappa shape index (κ1) is 19.9. The van der Waals surface area contributed by atoms with Gasteiger partial charge in [-0.05, 0) is 36.8 Å². The molecule has 1 saturated heterocycles. The van der Waals surface area contributed by atoms with Gasteiger partial charge in [0.1, 0.15) is 12.4 Å². The molecular weight excluding hydrogens is 477 g/mol. The van der Waals surface area contributed by atoms with Crippen molar-refractivity contribution in [3.63, 3.8) is 0 Å². The first-order valence-electron chi connectivity index (χ1n) is 7.22. The lowest BCUT2D eigenvalue weighted by molar-refractivity contribution is 0.321. The third-order valence-corrected chi connectivity index (χ3v) is 5.10. The molecule has 1 unspecified atom stereocenters. The number of nitrogens with one attached hydrogen (secondary N) is 2. The van der Waals surface area contributed by atoms with Crippen LogP contribution in [0.4, 0.5) is 0 Å². The van der Waals surface area contributed by atoms with Gasteiger partial charge in [-0.1, -0.05) is 22.0 Å². The Morgan fingerprint density at radius 1 is 1.45 bits per heavy atom. The van der Waals surface area contributed by atoms with Crippen molar-refractivity contribution < 1.29 is 4.74 Å². The van der Waals surface area contributed by atoms with Crippen LogP contribution in [0.1, 0.15) is 12.8 Å². The maximum atomic E-state index is 5.68. The van der Waals surface area contributed by atoms with Crippen LogP contribution >= 0.6 is 51.7 Å². The van der Waals surface area contributed by atoms with Crippen molar-refractivity contribution in [3.05, 3.63) is 28.7 Å². The van der Waals surface area contributed by atoms with Crippen LogP contribution in [0.15, 0.2) is 33.7 Å². The minimum atomic E-state index is 0. The first-order valence-corrected chi connectivity index (χ1v) is 9.06. The van der Waals surface area contributed by atoms with E-state index in [2.05, 4.69) is 31.6 Å². The van der Waals surface area contributed by atoms with Crippen LogP contribution in [0.2, 0.25) is 0 Å². The monoisotopic (exact) mass is 499 g/mol. The summed E-state index contributed by atoms with van der Waals surface area (Å²) in [5.74, 6) is 3.01. The number of hydrogen-bond acceptors (Lipinski definition) is 3. The zero-order valence-corrected chi connectivity index (χ0v) is 17.4. The van der Waals surface area contributed by atoms with E-state index in [0.717, 1.165) is 34.5 Å². The highest BCUT2D eigenvalue weighted by molar-refractivity contribution is 14.0. The van der Waals surface area contributed by atoms with Crippen molar-refractivity contribution in [1.82, 2.24) is 10.6 Å². The Balaban J connectivity index is 0.00000242. The van der Waals surface area contributed by atoms with Crippen molar-refractivity contribution >= 4 is 57.6 Å². The zero-order chi connectivity index (χ0) is 14.9. The van der Waals surface area contributed by atoms with Gasteiger partial charge in [0.15, 0.2) is 5.96 Å². The van der Waals surface area contributed by atoms with E-state index in [9.17, 15) is 0 Å². The van der Waals surface area contributed by atoms with Crippen LogP contribution in [0, 0.1) is 0 Å². The molecule has 1 aliphatic heterocycles. The molecule has 1 atom stereocenters. The molecule has 124 valence electrons. The molecule has 0 spiro atoms. The molecule has 0 amide bonds. The number of guanidine groups is 1. The molecule has 1 aliphatic rings. The summed E-state index contributed by atoms with van der Waals surface area (Å²) in [5.41, 5.74) is 0. The van der Waals surface area contributed by atoms with Crippen molar-refractivity contribution in [3.8, 4) is 5.75 Å². The van der Waals surface area contributed by atoms with Crippen molar-refractivity contribution in [2.75, 3.05) is 32.5 Å². The van der Waals surface area contributed by atoms with Gasteiger partial charge < -0.3 is 15.4 Å². The van der Waals surface area contributed by atoms with Gasteiger partial charge in [0.25, 0.3) is 0 Å². The fraction of sp³-hybridized carbons (Fsp3) is 0.533. The van der Waals surface area contributed by atoms with Gasteiger partial charge in [0.05, 0.1) is 6.54 Å². The number of ether oxygens (including phenoxy) is 1. The van der Waals surface area contributed by atoms with Gasteiger partial charge in [-0.2, -0.15) is 11.8 Å². The molecule has 0 aromatic heterocycles. The predicted molar refractivity (Wildman–Crippen MR) is 110 cm³/mol. The molecule has 0 radical (unpaired) electrons. The summed E-state index contributed by atoms with van der Waals surface area (Å²) in [5, 5.41) is 7.37. The Morgan fingerprint density at radius 3 is 3.00 bits per heavy atom. The number of nitrogens with zero attached hydrogens (tertiary/aromatic N) is 1. The maximum absolute atomic E-state index is 5.68. The van der Waals surface area contributed by atoms with E-state index in [1.807, 2.05) is 36.0 Å². The number of aliphatic imine (C=N–C) groups is 1. The second-order valence-corrected chi connectivity index (χ2v) is 7.14. The number of halogens is 2. The highest BCUT2D eigenvalue weighted by Crippen LogP contribution is 2.25. The molecule has 1 fully saturated rings. The molecule has 0 bridgehead atoms. The Kier molecular flexibility index (Phi) is 10.3. The van der Waals surface area contributed by atoms with Crippen molar-refractivity contribution in [2.45, 2.75) is 18.1 Å². The number of hydrogen-bond donors (Lipinski definition) is 2. The Hall–Kier alpha value is -0.150. The molecule has 0 aliphatic carbocycles. The molecule has 7 heteroatoms. The van der Waals surface area contributed by atoms with E-state index >= 15 is 0 Å². The summed E-state index contributed by atoms with van der Waals surface area (Å²) in [6.07, 6.45) is 2.64. The van der Waals surface area contributed by atoms with E-state index in [1.165, 1.54) is 18.6 Å². The van der Waals surface area contributed by atoms with E-state index in [4.69, 9.17) is 4.74 Å². The van der Waals surface area contributed by atoms with Gasteiger partial charge >= 0.3 is 0 Å². The van der Waals surface area contributed by atoms with Crippen LogP contribution in [0.3, 0.4) is 0 Å². The molecule has 0 saturated carbocycles. The minimum absolute atomic E-state index is 0. The van der Waals surface area contributed by atoms with Gasteiger partial charge in [-0.25, -0.2) is 0 Å². The Bertz CT molecular complexity index is 470. The van der Waals surface area contributed by atoms with Gasteiger partial charge in [0, 0.05) is 23.3 Å². The van der Waals surface area contributed by atoms with Crippen molar-refractivity contribution in [1.29, 1.82) is 0 Å². The number of rotatable bonds is 6. The lowest BCUT2D eigenvalue weighted by atomic mass is 10.2. The Morgan fingerprint density at radius 2 is 2.32 bits per heavy atom. The maximum Gasteiger partial charge on any atom is 0.191 e. The summed E-state index contributed by atoms with van der Waals surface area (Å²) < 4.78 is 6.71. The predicted octanol–water partition coefficient (Wildman–Crippen LogP) is 3.51. The van der Waals surface area contributed by atoms with Crippen LogP contribution in [-0.4, -0.2) is 43.7 Å². The standard InChI is InChI=1S/C15H22BrN3OS.HI/c1-17-15(19-11-14-6-3-9-21-14)18-7-8-20-13-5-2-4-12(16)10-13;/h2,4-5,10,14H,3,6-9,11H2,1H3,(H2,17,18,19);1H. The SMILES string of the molecule is CN=C(NCCOc1cccc(Br)c1)NCC1CCCS1.I. The molecule has 1 aromatic rings. The summed E-state index contributed by atoms with van der Waals surface area (Å²) in [4.78, 5) is 4.23.